The lowest BCUT2D eigenvalue weighted by Crippen LogP contribution is -2.47. The molecular weight excluding hydrogens is 290 g/mol. The maximum atomic E-state index is 12.1. The maximum Gasteiger partial charge on any atom is 0.144 e. The van der Waals surface area contributed by atoms with E-state index in [1.807, 2.05) is 29.9 Å². The van der Waals surface area contributed by atoms with Gasteiger partial charge in [0.25, 0.3) is 0 Å². The molecule has 1 fully saturated rings. The van der Waals surface area contributed by atoms with Crippen LogP contribution >= 0.6 is 0 Å². The van der Waals surface area contributed by atoms with Crippen LogP contribution in [0, 0.1) is 5.92 Å². The van der Waals surface area contributed by atoms with Crippen molar-refractivity contribution in [2.75, 3.05) is 13.1 Å². The highest BCUT2D eigenvalue weighted by Gasteiger charge is 2.24. The van der Waals surface area contributed by atoms with Crippen molar-refractivity contribution < 1.29 is 4.79 Å². The summed E-state index contributed by atoms with van der Waals surface area (Å²) >= 11 is 0. The summed E-state index contributed by atoms with van der Waals surface area (Å²) in [4.78, 5) is 25.1. The van der Waals surface area contributed by atoms with Gasteiger partial charge < -0.3 is 9.88 Å². The van der Waals surface area contributed by atoms with Crippen molar-refractivity contribution in [3.63, 3.8) is 0 Å². The number of aromatic nitrogens is 4. The Morgan fingerprint density at radius 2 is 2.04 bits per heavy atom. The minimum Gasteiger partial charge on any atom is -0.332 e. The molecule has 1 aliphatic heterocycles. The molecule has 0 atom stereocenters. The monoisotopic (exact) mass is 307 g/mol. The molecule has 0 bridgehead atoms. The highest BCUT2D eigenvalue weighted by Crippen LogP contribution is 2.22. The molecule has 4 rings (SSSR count). The zero-order valence-corrected chi connectivity index (χ0v) is 12.9. The van der Waals surface area contributed by atoms with Gasteiger partial charge in [-0.15, -0.1) is 0 Å². The van der Waals surface area contributed by atoms with Crippen LogP contribution < -0.4 is 5.32 Å². The highest BCUT2D eigenvalue weighted by molar-refractivity contribution is 5.87. The lowest BCUT2D eigenvalue weighted by molar-refractivity contribution is -0.123. The summed E-state index contributed by atoms with van der Waals surface area (Å²) < 4.78 is 1.93. The number of imidazole rings is 1. The summed E-state index contributed by atoms with van der Waals surface area (Å²) in [5.74, 6) is 0.409. The summed E-state index contributed by atoms with van der Waals surface area (Å²) in [5, 5.41) is 5.14. The largest absolute Gasteiger partial charge is 0.332 e. The normalized spacial score (nSPS) is 14.8. The number of fused-ring (bicyclic) bond motifs is 1. The van der Waals surface area contributed by atoms with Gasteiger partial charge in [0.1, 0.15) is 5.78 Å². The van der Waals surface area contributed by atoms with Crippen LogP contribution in [0.4, 0.5) is 0 Å². The Kier molecular flexibility index (Phi) is 3.38. The minimum atomic E-state index is 0.148. The molecule has 4 heterocycles. The summed E-state index contributed by atoms with van der Waals surface area (Å²) in [5.41, 5.74) is 2.64. The average Bonchev–Trinajstić information content (AvgIpc) is 2.91. The fourth-order valence-corrected chi connectivity index (χ4v) is 2.76. The van der Waals surface area contributed by atoms with E-state index in [1.165, 1.54) is 0 Å². The molecule has 1 N–H and O–H groups in total. The van der Waals surface area contributed by atoms with E-state index in [1.54, 1.807) is 18.7 Å². The SMILES string of the molecule is Cn1cncc1-c1cc2cc(CC(=O)C3CNC3)ncc2cn1. The first-order valence-corrected chi connectivity index (χ1v) is 7.65. The third-order valence-electron chi connectivity index (χ3n) is 4.33. The third kappa shape index (κ3) is 2.61. The van der Waals surface area contributed by atoms with E-state index < -0.39 is 0 Å². The number of nitrogens with one attached hydrogen (secondary N) is 1. The number of ketones is 1. The Morgan fingerprint density at radius 3 is 2.74 bits per heavy atom. The number of nitrogens with zero attached hydrogens (tertiary/aromatic N) is 4. The van der Waals surface area contributed by atoms with Crippen molar-refractivity contribution in [2.24, 2.45) is 13.0 Å². The van der Waals surface area contributed by atoms with E-state index in [0.29, 0.717) is 6.42 Å². The van der Waals surface area contributed by atoms with Gasteiger partial charge in [-0.25, -0.2) is 4.98 Å². The molecule has 1 saturated heterocycles. The van der Waals surface area contributed by atoms with Gasteiger partial charge >= 0.3 is 0 Å². The molecule has 116 valence electrons. The molecular formula is C17H17N5O. The van der Waals surface area contributed by atoms with Crippen LogP contribution in [0.1, 0.15) is 5.69 Å². The first kappa shape index (κ1) is 14.0. The van der Waals surface area contributed by atoms with Crippen LogP contribution in [0.15, 0.2) is 37.1 Å². The van der Waals surface area contributed by atoms with Gasteiger partial charge in [-0.3, -0.25) is 14.8 Å². The number of pyridine rings is 2. The lowest BCUT2D eigenvalue weighted by atomic mass is 9.94. The van der Waals surface area contributed by atoms with Gasteiger partial charge in [0.05, 0.1) is 23.9 Å². The molecule has 3 aromatic heterocycles. The summed E-state index contributed by atoms with van der Waals surface area (Å²) in [6.45, 7) is 1.59. The second-order valence-corrected chi connectivity index (χ2v) is 5.98. The van der Waals surface area contributed by atoms with Crippen LogP contribution in [-0.2, 0) is 18.3 Å². The van der Waals surface area contributed by atoms with Gasteiger partial charge in [0.15, 0.2) is 0 Å². The molecule has 0 spiro atoms. The Hall–Kier alpha value is -2.60. The van der Waals surface area contributed by atoms with E-state index in [2.05, 4.69) is 20.3 Å². The van der Waals surface area contributed by atoms with Crippen LogP contribution in [0.25, 0.3) is 22.2 Å². The Morgan fingerprint density at radius 1 is 1.22 bits per heavy atom. The number of hydrogen-bond donors (Lipinski definition) is 1. The predicted octanol–water partition coefficient (Wildman–Crippen LogP) is 1.36. The molecule has 0 aromatic carbocycles. The fourth-order valence-electron chi connectivity index (χ4n) is 2.76. The van der Waals surface area contributed by atoms with Gasteiger partial charge in [-0.05, 0) is 17.5 Å². The molecule has 3 aromatic rings. The van der Waals surface area contributed by atoms with Gasteiger partial charge in [-0.1, -0.05) is 0 Å². The number of carbonyl (C=O) groups excluding carboxylic acids is 1. The molecule has 0 radical (unpaired) electrons. The summed E-state index contributed by atoms with van der Waals surface area (Å²) in [7, 11) is 1.94. The van der Waals surface area contributed by atoms with Crippen LogP contribution in [0.2, 0.25) is 0 Å². The van der Waals surface area contributed by atoms with Crippen molar-refractivity contribution in [1.29, 1.82) is 0 Å². The molecule has 0 saturated carbocycles. The molecule has 6 nitrogen and oxygen atoms in total. The van der Waals surface area contributed by atoms with Crippen molar-refractivity contribution in [3.8, 4) is 11.4 Å². The van der Waals surface area contributed by atoms with E-state index in [4.69, 9.17) is 0 Å². The number of aryl methyl sites for hydroxylation is 1. The Bertz CT molecular complexity index is 882. The minimum absolute atomic E-state index is 0.148. The van der Waals surface area contributed by atoms with E-state index >= 15 is 0 Å². The molecule has 1 aliphatic rings. The first-order valence-electron chi connectivity index (χ1n) is 7.65. The first-order chi connectivity index (χ1) is 11.2. The standard InChI is InChI=1S/C17H17N5O/c1-22-10-19-9-16(22)15-3-11-2-14(20-7-12(11)8-21-15)4-17(23)13-5-18-6-13/h2-3,7-10,13,18H,4-6H2,1H3. The maximum absolute atomic E-state index is 12.1. The third-order valence-corrected chi connectivity index (χ3v) is 4.33. The molecule has 0 unspecified atom stereocenters. The zero-order valence-electron chi connectivity index (χ0n) is 12.9. The van der Waals surface area contributed by atoms with Gasteiger partial charge in [-0.2, -0.15) is 0 Å². The van der Waals surface area contributed by atoms with E-state index in [0.717, 1.165) is 40.9 Å². The molecule has 6 heteroatoms. The Labute approximate surface area is 133 Å². The second-order valence-electron chi connectivity index (χ2n) is 5.98. The van der Waals surface area contributed by atoms with Crippen LogP contribution in [0.5, 0.6) is 0 Å². The van der Waals surface area contributed by atoms with Crippen LogP contribution in [-0.4, -0.2) is 38.4 Å². The average molecular weight is 307 g/mol. The lowest BCUT2D eigenvalue weighted by Gasteiger charge is -2.25. The van der Waals surface area contributed by atoms with Crippen molar-refractivity contribution in [2.45, 2.75) is 6.42 Å². The zero-order chi connectivity index (χ0) is 15.8. The second kappa shape index (κ2) is 5.55. The van der Waals surface area contributed by atoms with Gasteiger partial charge in [0.2, 0.25) is 0 Å². The molecule has 23 heavy (non-hydrogen) atoms. The van der Waals surface area contributed by atoms with E-state index in [-0.39, 0.29) is 11.7 Å². The summed E-state index contributed by atoms with van der Waals surface area (Å²) in [6.07, 6.45) is 7.54. The van der Waals surface area contributed by atoms with Crippen molar-refractivity contribution in [3.05, 3.63) is 42.7 Å². The quantitative estimate of drug-likeness (QED) is 0.788. The number of carbonyl (C=O) groups is 1. The van der Waals surface area contributed by atoms with Crippen LogP contribution in [0.3, 0.4) is 0 Å². The van der Waals surface area contributed by atoms with Crippen molar-refractivity contribution >= 4 is 16.6 Å². The number of rotatable bonds is 4. The smallest absolute Gasteiger partial charge is 0.144 e. The van der Waals surface area contributed by atoms with E-state index in [9.17, 15) is 4.79 Å². The number of hydrogen-bond acceptors (Lipinski definition) is 5. The predicted molar refractivity (Wildman–Crippen MR) is 86.8 cm³/mol. The summed E-state index contributed by atoms with van der Waals surface area (Å²) in [6, 6.07) is 4.01. The van der Waals surface area contributed by atoms with Crippen molar-refractivity contribution in [1.82, 2.24) is 24.8 Å². The Balaban J connectivity index is 1.66. The molecule has 0 amide bonds. The fraction of sp³-hybridized carbons (Fsp3) is 0.294. The highest BCUT2D eigenvalue weighted by atomic mass is 16.1. The van der Waals surface area contributed by atoms with Gasteiger partial charge in [0, 0.05) is 55.9 Å². The topological polar surface area (TPSA) is 72.7 Å². The number of Topliss-reactive ketones (excluding diaryl/α,β-unsaturated/α-hetero) is 1. The molecule has 0 aliphatic carbocycles.